The van der Waals surface area contributed by atoms with Gasteiger partial charge in [-0.05, 0) is 17.7 Å². The number of nitrogens with zero attached hydrogens (tertiary/aromatic N) is 3. The molecule has 0 spiro atoms. The largest absolute Gasteiger partial charge is 0.331 e. The Balaban J connectivity index is 1.73. The van der Waals surface area contributed by atoms with Gasteiger partial charge >= 0.3 is 6.03 Å². The number of anilines is 1. The van der Waals surface area contributed by atoms with Gasteiger partial charge < -0.3 is 10.2 Å². The zero-order chi connectivity index (χ0) is 20.8. The Morgan fingerprint density at radius 3 is 2.41 bits per heavy atom. The van der Waals surface area contributed by atoms with Crippen LogP contribution in [0.4, 0.5) is 9.93 Å². The van der Waals surface area contributed by atoms with Crippen LogP contribution in [0.1, 0.15) is 5.56 Å². The Labute approximate surface area is 181 Å². The second kappa shape index (κ2) is 9.62. The van der Waals surface area contributed by atoms with Crippen LogP contribution in [0.15, 0.2) is 59.1 Å². The number of benzene rings is 2. The van der Waals surface area contributed by atoms with E-state index >= 15 is 0 Å². The number of halogens is 1. The third-order valence-electron chi connectivity index (χ3n) is 4.05. The van der Waals surface area contributed by atoms with Crippen molar-refractivity contribution in [3.63, 3.8) is 0 Å². The van der Waals surface area contributed by atoms with Crippen molar-refractivity contribution >= 4 is 44.3 Å². The molecule has 3 aromatic rings. The van der Waals surface area contributed by atoms with Gasteiger partial charge in [0.2, 0.25) is 11.0 Å². The summed E-state index contributed by atoms with van der Waals surface area (Å²) in [7, 11) is 3.25. The first-order valence-electron chi connectivity index (χ1n) is 8.84. The van der Waals surface area contributed by atoms with Crippen molar-refractivity contribution in [1.29, 1.82) is 0 Å². The standard InChI is InChI=1S/C20H20BrN5O2S/c1-26(2)20(28)22-16(12-13-6-4-3-5-7-13)17(27)23-19-25-24-18(29-19)14-8-10-15(21)11-9-14/h3-11,16H,12H2,1-2H3,(H,22,28)(H,23,25,27). The Morgan fingerprint density at radius 2 is 1.76 bits per heavy atom. The number of hydrogen-bond acceptors (Lipinski definition) is 5. The number of rotatable bonds is 6. The minimum atomic E-state index is -0.743. The van der Waals surface area contributed by atoms with Gasteiger partial charge in [0, 0.05) is 30.6 Å². The molecule has 0 fully saturated rings. The van der Waals surface area contributed by atoms with Crippen molar-refractivity contribution in [2.24, 2.45) is 0 Å². The second-order valence-corrected chi connectivity index (χ2v) is 8.39. The molecule has 1 aromatic heterocycles. The molecule has 0 bridgehead atoms. The normalized spacial score (nSPS) is 11.6. The summed E-state index contributed by atoms with van der Waals surface area (Å²) < 4.78 is 0.972. The Morgan fingerprint density at radius 1 is 1.07 bits per heavy atom. The van der Waals surface area contributed by atoms with Gasteiger partial charge in [-0.25, -0.2) is 4.79 Å². The highest BCUT2D eigenvalue weighted by atomic mass is 79.9. The van der Waals surface area contributed by atoms with Crippen LogP contribution in [0.25, 0.3) is 10.6 Å². The van der Waals surface area contributed by atoms with E-state index in [2.05, 4.69) is 36.8 Å². The topological polar surface area (TPSA) is 87.2 Å². The molecular weight excluding hydrogens is 454 g/mol. The smallest absolute Gasteiger partial charge is 0.317 e. The summed E-state index contributed by atoms with van der Waals surface area (Å²) >= 11 is 4.68. The van der Waals surface area contributed by atoms with Crippen LogP contribution in [0, 0.1) is 0 Å². The molecule has 1 atom stereocenters. The highest BCUT2D eigenvalue weighted by Crippen LogP contribution is 2.27. The van der Waals surface area contributed by atoms with Crippen LogP contribution in [0.3, 0.4) is 0 Å². The maximum Gasteiger partial charge on any atom is 0.317 e. The third-order valence-corrected chi connectivity index (χ3v) is 5.47. The van der Waals surface area contributed by atoms with Gasteiger partial charge in [0.25, 0.3) is 0 Å². The first-order valence-corrected chi connectivity index (χ1v) is 10.5. The SMILES string of the molecule is CN(C)C(=O)NC(Cc1ccccc1)C(=O)Nc1nnc(-c2ccc(Br)cc2)s1. The first-order chi connectivity index (χ1) is 13.9. The average molecular weight is 474 g/mol. The van der Waals surface area contributed by atoms with Gasteiger partial charge in [0.1, 0.15) is 11.0 Å². The summed E-state index contributed by atoms with van der Waals surface area (Å²) in [5.74, 6) is -0.345. The summed E-state index contributed by atoms with van der Waals surface area (Å²) in [6, 6.07) is 16.1. The fraction of sp³-hybridized carbons (Fsp3) is 0.200. The zero-order valence-corrected chi connectivity index (χ0v) is 18.3. The van der Waals surface area contributed by atoms with Crippen molar-refractivity contribution in [3.8, 4) is 10.6 Å². The Bertz CT molecular complexity index is 976. The van der Waals surface area contributed by atoms with E-state index in [4.69, 9.17) is 0 Å². The number of aromatic nitrogens is 2. The Hall–Kier alpha value is -2.78. The van der Waals surface area contributed by atoms with E-state index in [1.807, 2.05) is 54.6 Å². The fourth-order valence-electron chi connectivity index (χ4n) is 2.51. The minimum absolute atomic E-state index is 0.339. The molecule has 0 saturated heterocycles. The van der Waals surface area contributed by atoms with E-state index in [9.17, 15) is 9.59 Å². The molecule has 7 nitrogen and oxygen atoms in total. The lowest BCUT2D eigenvalue weighted by Crippen LogP contribution is -2.48. The highest BCUT2D eigenvalue weighted by molar-refractivity contribution is 9.10. The van der Waals surface area contributed by atoms with Gasteiger partial charge in [-0.15, -0.1) is 10.2 Å². The van der Waals surface area contributed by atoms with Crippen molar-refractivity contribution in [1.82, 2.24) is 20.4 Å². The lowest BCUT2D eigenvalue weighted by Gasteiger charge is -2.20. The summed E-state index contributed by atoms with van der Waals surface area (Å²) in [5, 5.41) is 14.8. The number of hydrogen-bond donors (Lipinski definition) is 2. The van der Waals surface area contributed by atoms with E-state index in [1.54, 1.807) is 14.1 Å². The van der Waals surface area contributed by atoms with Crippen LogP contribution in [-0.2, 0) is 11.2 Å². The van der Waals surface area contributed by atoms with Crippen LogP contribution in [-0.4, -0.2) is 47.2 Å². The van der Waals surface area contributed by atoms with Gasteiger partial charge in [0.15, 0.2) is 0 Å². The van der Waals surface area contributed by atoms with Crippen LogP contribution in [0.2, 0.25) is 0 Å². The van der Waals surface area contributed by atoms with Crippen molar-refractivity contribution in [2.45, 2.75) is 12.5 Å². The monoisotopic (exact) mass is 473 g/mol. The quantitative estimate of drug-likeness (QED) is 0.569. The zero-order valence-electron chi connectivity index (χ0n) is 15.9. The van der Waals surface area contributed by atoms with E-state index in [-0.39, 0.29) is 11.9 Å². The molecule has 150 valence electrons. The second-order valence-electron chi connectivity index (χ2n) is 6.49. The molecule has 0 saturated carbocycles. The fourth-order valence-corrected chi connectivity index (χ4v) is 3.53. The molecule has 0 aliphatic carbocycles. The van der Waals surface area contributed by atoms with Gasteiger partial charge in [-0.3, -0.25) is 10.1 Å². The summed E-state index contributed by atoms with van der Waals surface area (Å²) in [4.78, 5) is 26.4. The molecule has 9 heteroatoms. The van der Waals surface area contributed by atoms with Crippen molar-refractivity contribution < 1.29 is 9.59 Å². The first kappa shape index (κ1) is 20.9. The summed E-state index contributed by atoms with van der Waals surface area (Å²) in [6.07, 6.45) is 0.366. The minimum Gasteiger partial charge on any atom is -0.331 e. The van der Waals surface area contributed by atoms with Gasteiger partial charge in [0.05, 0.1) is 0 Å². The summed E-state index contributed by atoms with van der Waals surface area (Å²) in [6.45, 7) is 0. The number of carbonyl (C=O) groups is 2. The lowest BCUT2D eigenvalue weighted by molar-refractivity contribution is -0.117. The van der Waals surface area contributed by atoms with E-state index in [1.165, 1.54) is 16.2 Å². The third kappa shape index (κ3) is 5.85. The van der Waals surface area contributed by atoms with Crippen molar-refractivity contribution in [3.05, 3.63) is 64.6 Å². The lowest BCUT2D eigenvalue weighted by atomic mass is 10.1. The highest BCUT2D eigenvalue weighted by Gasteiger charge is 2.23. The van der Waals surface area contributed by atoms with E-state index < -0.39 is 6.04 Å². The van der Waals surface area contributed by atoms with Gasteiger partial charge in [-0.2, -0.15) is 0 Å². The maximum absolute atomic E-state index is 12.9. The summed E-state index contributed by atoms with van der Waals surface area (Å²) in [5.41, 5.74) is 1.85. The molecule has 0 radical (unpaired) electrons. The molecule has 1 unspecified atom stereocenters. The van der Waals surface area contributed by atoms with Crippen LogP contribution >= 0.6 is 27.3 Å². The molecule has 0 aliphatic heterocycles. The van der Waals surface area contributed by atoms with Gasteiger partial charge in [-0.1, -0.05) is 69.7 Å². The maximum atomic E-state index is 12.9. The van der Waals surface area contributed by atoms with E-state index in [0.717, 1.165) is 15.6 Å². The predicted octanol–water partition coefficient (Wildman–Crippen LogP) is 3.79. The number of nitrogens with one attached hydrogen (secondary N) is 2. The molecular formula is C20H20BrN5O2S. The Kier molecular flexibility index (Phi) is 6.95. The van der Waals surface area contributed by atoms with Crippen molar-refractivity contribution in [2.75, 3.05) is 19.4 Å². The molecule has 3 rings (SSSR count). The predicted molar refractivity (Wildman–Crippen MR) is 118 cm³/mol. The number of urea groups is 1. The average Bonchev–Trinajstić information content (AvgIpc) is 3.17. The molecule has 2 N–H and O–H groups in total. The van der Waals surface area contributed by atoms with Crippen LogP contribution < -0.4 is 10.6 Å². The molecule has 1 heterocycles. The van der Waals surface area contributed by atoms with Crippen LogP contribution in [0.5, 0.6) is 0 Å². The molecule has 2 aromatic carbocycles. The molecule has 0 aliphatic rings. The molecule has 3 amide bonds. The number of amides is 3. The van der Waals surface area contributed by atoms with E-state index in [0.29, 0.717) is 16.6 Å². The number of carbonyl (C=O) groups excluding carboxylic acids is 2. The molecule has 29 heavy (non-hydrogen) atoms.